The third-order valence-electron chi connectivity index (χ3n) is 8.21. The second-order valence-corrected chi connectivity index (χ2v) is 10.7. The van der Waals surface area contributed by atoms with E-state index in [-0.39, 0.29) is 17.8 Å². The zero-order valence-electron chi connectivity index (χ0n) is 20.1. The highest BCUT2D eigenvalue weighted by Crippen LogP contribution is 2.33. The van der Waals surface area contributed by atoms with E-state index in [0.717, 1.165) is 51.6 Å². The van der Waals surface area contributed by atoms with Crippen LogP contribution in [-0.2, 0) is 9.59 Å². The molecule has 0 aromatic heterocycles. The van der Waals surface area contributed by atoms with Crippen LogP contribution in [0.15, 0.2) is 0 Å². The number of amides is 1. The molecular weight excluding hydrogens is 374 g/mol. The standard InChI is InChI=1S/C25H45N3O2/c1-18(2)24(29)20-6-8-21(9-7-20)25(30)28-16-12-23(13-17-28)26(5)22-10-14-27(15-11-22)19(3)4/h18-23H,6-17H2,1-5H3. The highest BCUT2D eigenvalue weighted by molar-refractivity contribution is 5.83. The van der Waals surface area contributed by atoms with Crippen molar-refractivity contribution in [2.24, 2.45) is 17.8 Å². The molecule has 5 heteroatoms. The van der Waals surface area contributed by atoms with Crippen molar-refractivity contribution in [2.75, 3.05) is 33.2 Å². The summed E-state index contributed by atoms with van der Waals surface area (Å²) in [7, 11) is 2.31. The molecule has 0 aromatic carbocycles. The summed E-state index contributed by atoms with van der Waals surface area (Å²) in [5.74, 6) is 1.21. The summed E-state index contributed by atoms with van der Waals surface area (Å²) < 4.78 is 0. The minimum absolute atomic E-state index is 0.121. The quantitative estimate of drug-likeness (QED) is 0.657. The van der Waals surface area contributed by atoms with Crippen molar-refractivity contribution in [1.29, 1.82) is 0 Å². The Morgan fingerprint density at radius 1 is 0.733 bits per heavy atom. The van der Waals surface area contributed by atoms with Crippen LogP contribution in [0.4, 0.5) is 0 Å². The molecule has 2 saturated heterocycles. The maximum absolute atomic E-state index is 13.1. The fourth-order valence-electron chi connectivity index (χ4n) is 5.96. The van der Waals surface area contributed by atoms with Gasteiger partial charge in [0.2, 0.25) is 5.91 Å². The number of Topliss-reactive ketones (excluding diaryl/α,β-unsaturated/α-hetero) is 1. The van der Waals surface area contributed by atoms with Crippen LogP contribution in [-0.4, -0.2) is 77.7 Å². The van der Waals surface area contributed by atoms with Gasteiger partial charge in [-0.3, -0.25) is 9.59 Å². The van der Waals surface area contributed by atoms with Crippen LogP contribution < -0.4 is 0 Å². The Morgan fingerprint density at radius 2 is 1.20 bits per heavy atom. The second kappa shape index (κ2) is 10.6. The molecule has 0 unspecified atom stereocenters. The molecule has 0 aromatic rings. The Kier molecular flexibility index (Phi) is 8.37. The van der Waals surface area contributed by atoms with E-state index in [4.69, 9.17) is 0 Å². The lowest BCUT2D eigenvalue weighted by Crippen LogP contribution is -2.52. The van der Waals surface area contributed by atoms with Crippen molar-refractivity contribution in [3.05, 3.63) is 0 Å². The average molecular weight is 420 g/mol. The number of likely N-dealkylation sites (tertiary alicyclic amines) is 2. The highest BCUT2D eigenvalue weighted by atomic mass is 16.2. The molecule has 0 bridgehead atoms. The predicted molar refractivity (Wildman–Crippen MR) is 122 cm³/mol. The van der Waals surface area contributed by atoms with Crippen LogP contribution in [0.5, 0.6) is 0 Å². The molecule has 172 valence electrons. The van der Waals surface area contributed by atoms with Gasteiger partial charge in [-0.2, -0.15) is 0 Å². The zero-order chi connectivity index (χ0) is 21.8. The predicted octanol–water partition coefficient (Wildman–Crippen LogP) is 3.81. The fourth-order valence-corrected chi connectivity index (χ4v) is 5.96. The van der Waals surface area contributed by atoms with Gasteiger partial charge in [0.15, 0.2) is 0 Å². The summed E-state index contributed by atoms with van der Waals surface area (Å²) in [5, 5.41) is 0. The molecule has 3 aliphatic rings. The zero-order valence-corrected chi connectivity index (χ0v) is 20.1. The molecule has 0 radical (unpaired) electrons. The van der Waals surface area contributed by atoms with E-state index in [0.29, 0.717) is 29.8 Å². The van der Waals surface area contributed by atoms with E-state index in [1.165, 1.54) is 25.9 Å². The monoisotopic (exact) mass is 419 g/mol. The van der Waals surface area contributed by atoms with E-state index in [9.17, 15) is 9.59 Å². The lowest BCUT2D eigenvalue weighted by molar-refractivity contribution is -0.140. The van der Waals surface area contributed by atoms with Crippen LogP contribution in [0, 0.1) is 17.8 Å². The van der Waals surface area contributed by atoms with Crippen molar-refractivity contribution >= 4 is 11.7 Å². The van der Waals surface area contributed by atoms with E-state index in [1.54, 1.807) is 0 Å². The summed E-state index contributed by atoms with van der Waals surface area (Å²) in [5.41, 5.74) is 0. The first-order valence-electron chi connectivity index (χ1n) is 12.6. The van der Waals surface area contributed by atoms with Gasteiger partial charge in [-0.1, -0.05) is 13.8 Å². The molecule has 1 amide bonds. The number of carbonyl (C=O) groups excluding carboxylic acids is 2. The largest absolute Gasteiger partial charge is 0.342 e. The van der Waals surface area contributed by atoms with Crippen molar-refractivity contribution in [1.82, 2.24) is 14.7 Å². The number of hydrogen-bond acceptors (Lipinski definition) is 4. The van der Waals surface area contributed by atoms with Gasteiger partial charge in [0.1, 0.15) is 5.78 Å². The van der Waals surface area contributed by atoms with Gasteiger partial charge in [-0.25, -0.2) is 0 Å². The van der Waals surface area contributed by atoms with Crippen LogP contribution in [0.2, 0.25) is 0 Å². The smallest absolute Gasteiger partial charge is 0.225 e. The van der Waals surface area contributed by atoms with Gasteiger partial charge in [-0.05, 0) is 85.4 Å². The van der Waals surface area contributed by atoms with Crippen molar-refractivity contribution < 1.29 is 9.59 Å². The van der Waals surface area contributed by atoms with E-state index < -0.39 is 0 Å². The van der Waals surface area contributed by atoms with Gasteiger partial charge in [0, 0.05) is 49.0 Å². The maximum atomic E-state index is 13.1. The van der Waals surface area contributed by atoms with Crippen molar-refractivity contribution in [2.45, 2.75) is 97.2 Å². The summed E-state index contributed by atoms with van der Waals surface area (Å²) in [6.45, 7) is 12.8. The SMILES string of the molecule is CC(C)C(=O)C1CCC(C(=O)N2CCC(N(C)C3CCN(C(C)C)CC3)CC2)CC1. The molecule has 2 aliphatic heterocycles. The number of hydrogen-bond donors (Lipinski definition) is 0. The van der Waals surface area contributed by atoms with Crippen LogP contribution >= 0.6 is 0 Å². The minimum atomic E-state index is 0.121. The van der Waals surface area contributed by atoms with Crippen LogP contribution in [0.25, 0.3) is 0 Å². The number of piperidine rings is 2. The number of carbonyl (C=O) groups is 2. The van der Waals surface area contributed by atoms with Gasteiger partial charge in [0.25, 0.3) is 0 Å². The first-order valence-corrected chi connectivity index (χ1v) is 12.6. The van der Waals surface area contributed by atoms with Gasteiger partial charge < -0.3 is 14.7 Å². The Hall–Kier alpha value is -0.940. The number of rotatable bonds is 6. The normalized spacial score (nSPS) is 27.9. The summed E-state index contributed by atoms with van der Waals surface area (Å²) in [6, 6.07) is 1.97. The van der Waals surface area contributed by atoms with Crippen LogP contribution in [0.1, 0.15) is 79.1 Å². The highest BCUT2D eigenvalue weighted by Gasteiger charge is 2.35. The lowest BCUT2D eigenvalue weighted by Gasteiger charge is -2.44. The minimum Gasteiger partial charge on any atom is -0.342 e. The molecule has 3 fully saturated rings. The van der Waals surface area contributed by atoms with Crippen molar-refractivity contribution in [3.8, 4) is 0 Å². The molecule has 0 spiro atoms. The number of nitrogens with zero attached hydrogens (tertiary/aromatic N) is 3. The molecule has 0 N–H and O–H groups in total. The van der Waals surface area contributed by atoms with E-state index >= 15 is 0 Å². The Balaban J connectivity index is 1.41. The Bertz CT molecular complexity index is 567. The third kappa shape index (κ3) is 5.64. The molecular formula is C25H45N3O2. The third-order valence-corrected chi connectivity index (χ3v) is 8.21. The van der Waals surface area contributed by atoms with Crippen molar-refractivity contribution in [3.63, 3.8) is 0 Å². The molecule has 1 saturated carbocycles. The maximum Gasteiger partial charge on any atom is 0.225 e. The summed E-state index contributed by atoms with van der Waals surface area (Å²) in [4.78, 5) is 32.7. The van der Waals surface area contributed by atoms with E-state index in [1.807, 2.05) is 13.8 Å². The Labute approximate surface area is 184 Å². The molecule has 5 nitrogen and oxygen atoms in total. The van der Waals surface area contributed by atoms with Gasteiger partial charge in [-0.15, -0.1) is 0 Å². The molecule has 1 aliphatic carbocycles. The van der Waals surface area contributed by atoms with E-state index in [2.05, 4.69) is 35.6 Å². The van der Waals surface area contributed by atoms with Gasteiger partial charge in [0.05, 0.1) is 0 Å². The molecule has 3 rings (SSSR count). The topological polar surface area (TPSA) is 43.9 Å². The van der Waals surface area contributed by atoms with Gasteiger partial charge >= 0.3 is 0 Å². The lowest BCUT2D eigenvalue weighted by atomic mass is 9.77. The summed E-state index contributed by atoms with van der Waals surface area (Å²) >= 11 is 0. The summed E-state index contributed by atoms with van der Waals surface area (Å²) in [6.07, 6.45) is 8.36. The Morgan fingerprint density at radius 3 is 1.67 bits per heavy atom. The average Bonchev–Trinajstić information content (AvgIpc) is 2.77. The first kappa shape index (κ1) is 23.7. The second-order valence-electron chi connectivity index (χ2n) is 10.7. The fraction of sp³-hybridized carbons (Fsp3) is 0.920. The molecule has 2 heterocycles. The number of ketones is 1. The molecule has 0 atom stereocenters. The van der Waals surface area contributed by atoms with Crippen LogP contribution in [0.3, 0.4) is 0 Å². The first-order chi connectivity index (χ1) is 14.3. The molecule has 30 heavy (non-hydrogen) atoms.